The summed E-state index contributed by atoms with van der Waals surface area (Å²) < 4.78 is 55.2. The van der Waals surface area contributed by atoms with Gasteiger partial charge >= 0.3 is 12.1 Å². The topological polar surface area (TPSA) is 223 Å². The first kappa shape index (κ1) is 40.0. The molecule has 298 valence electrons. The van der Waals surface area contributed by atoms with E-state index in [9.17, 15) is 39.3 Å². The van der Waals surface area contributed by atoms with E-state index < -0.39 is 125 Å². The maximum atomic E-state index is 16.2. The van der Waals surface area contributed by atoms with E-state index in [0.29, 0.717) is 0 Å². The first-order chi connectivity index (χ1) is 25.7. The Balaban J connectivity index is 1.32. The SMILES string of the molecule is COc1cccc2c1C(=O)c1c(O)c3c(c(O)c1C2=O)C[C@@](O)([13C](=O)[14CH2]OC(=O)CCNC(=O)OC(C)(C)C)C[C@@H]3O[C@@H]1O[C@@H](C)[C@H]2OC(C)(C)O[C@H]2[C@H]1F. The number of ketones is 3. The highest BCUT2D eigenvalue weighted by atomic mass is 19.1. The predicted octanol–water partition coefficient (Wildman–Crippen LogP) is 3.25. The Bertz CT molecular complexity index is 1940. The molecule has 2 aliphatic carbocycles. The normalized spacial score (nSPS) is 27.9. The lowest BCUT2D eigenvalue weighted by Gasteiger charge is -2.42. The van der Waals surface area contributed by atoms with Crippen LogP contribution in [-0.4, -0.2) is 113 Å². The molecule has 16 nitrogen and oxygen atoms in total. The van der Waals surface area contributed by atoms with E-state index >= 15 is 4.39 Å². The minimum atomic E-state index is -2.50. The molecule has 6 rings (SSSR count). The second-order valence-corrected chi connectivity index (χ2v) is 15.4. The lowest BCUT2D eigenvalue weighted by molar-refractivity contribution is -0.278. The molecule has 2 saturated heterocycles. The molecule has 0 radical (unpaired) electrons. The molecule has 2 fully saturated rings. The molecule has 0 aromatic heterocycles. The van der Waals surface area contributed by atoms with Crippen LogP contribution in [0, 0.1) is 0 Å². The number of carbonyl (C=O) groups excluding carboxylic acids is 5. The van der Waals surface area contributed by atoms with E-state index in [0.717, 1.165) is 0 Å². The number of hydrogen-bond acceptors (Lipinski definition) is 15. The molecule has 2 heterocycles. The van der Waals surface area contributed by atoms with Crippen molar-refractivity contribution in [3.05, 3.63) is 51.6 Å². The van der Waals surface area contributed by atoms with Gasteiger partial charge in [-0.2, -0.15) is 0 Å². The summed E-state index contributed by atoms with van der Waals surface area (Å²) in [5.74, 6) is -6.47. The van der Waals surface area contributed by atoms with Crippen molar-refractivity contribution in [2.75, 3.05) is 20.3 Å². The molecule has 0 spiro atoms. The van der Waals surface area contributed by atoms with Crippen LogP contribution in [0.5, 0.6) is 17.2 Å². The Kier molecular flexibility index (Phi) is 10.5. The van der Waals surface area contributed by atoms with Crippen LogP contribution in [0.2, 0.25) is 0 Å². The highest BCUT2D eigenvalue weighted by Gasteiger charge is 2.57. The molecule has 4 aliphatic rings. The standard InChI is InChI=1S/C38H44FNO15/c1-16-32-33(54-37(5,6)53-32)27(39)34(51-16)52-20-14-38(48,21(41)15-50-22(42)11-12-40-35(47)55-36(2,3)4)13-18-24(20)31(46)26-25(29(18)44)28(43)17-9-8-10-19(49-7)23(17)30(26)45/h8-10,16,20,27,32-34,44,46,48H,11-15H2,1-7H3,(H,40,47)/t16-,20-,27+,32+,33-,34-,38-/m0/s1/i15+2,21+1. The lowest BCUT2D eigenvalue weighted by Crippen LogP contribution is -2.55. The van der Waals surface area contributed by atoms with Crippen LogP contribution in [0.1, 0.15) is 103 Å². The van der Waals surface area contributed by atoms with Crippen LogP contribution < -0.4 is 10.1 Å². The first-order valence-electron chi connectivity index (χ1n) is 17.7. The van der Waals surface area contributed by atoms with Gasteiger partial charge in [0, 0.05) is 36.1 Å². The second kappa shape index (κ2) is 14.4. The molecule has 2 aromatic rings. The Labute approximate surface area is 315 Å². The van der Waals surface area contributed by atoms with Gasteiger partial charge in [-0.25, -0.2) is 9.18 Å². The number of hydrogen-bond donors (Lipinski definition) is 4. The molecule has 0 saturated carbocycles. The quantitative estimate of drug-likeness (QED) is 0.139. The number of halogens is 1. The van der Waals surface area contributed by atoms with Crippen LogP contribution in [0.15, 0.2) is 18.2 Å². The molecular weight excluding hydrogens is 732 g/mol. The minimum Gasteiger partial charge on any atom is -0.507 e. The maximum absolute atomic E-state index is 16.2. The van der Waals surface area contributed by atoms with Gasteiger partial charge in [0.2, 0.25) is 11.6 Å². The van der Waals surface area contributed by atoms with Crippen molar-refractivity contribution in [1.29, 1.82) is 0 Å². The lowest BCUT2D eigenvalue weighted by atomic mass is 9.74. The number of ether oxygens (including phenoxy) is 7. The fourth-order valence-electron chi connectivity index (χ4n) is 7.39. The Morgan fingerprint density at radius 1 is 1.04 bits per heavy atom. The van der Waals surface area contributed by atoms with Gasteiger partial charge in [0.05, 0.1) is 42.4 Å². The van der Waals surface area contributed by atoms with Gasteiger partial charge in [0.15, 0.2) is 30.6 Å². The van der Waals surface area contributed by atoms with E-state index in [1.54, 1.807) is 41.5 Å². The number of methoxy groups -OCH3 is 1. The molecule has 55 heavy (non-hydrogen) atoms. The second-order valence-electron chi connectivity index (χ2n) is 15.4. The number of rotatable bonds is 9. The monoisotopic (exact) mass is 776 g/mol. The van der Waals surface area contributed by atoms with Crippen LogP contribution in [0.4, 0.5) is 9.18 Å². The number of nitrogens with one attached hydrogen (secondary N) is 1. The molecule has 0 bridgehead atoms. The average Bonchev–Trinajstić information content (AvgIpc) is 3.44. The number of alkyl halides is 1. The number of aliphatic hydroxyl groups is 1. The molecule has 0 unspecified atom stereocenters. The van der Waals surface area contributed by atoms with Gasteiger partial charge in [0.1, 0.15) is 40.7 Å². The number of carbonyl (C=O) groups is 5. The van der Waals surface area contributed by atoms with Crippen molar-refractivity contribution in [2.45, 2.75) is 115 Å². The van der Waals surface area contributed by atoms with Crippen LogP contribution >= 0.6 is 0 Å². The molecule has 4 N–H and O–H groups in total. The number of phenolic OH excluding ortho intramolecular Hbond substituents is 2. The Hall–Kier alpha value is -4.68. The zero-order chi connectivity index (χ0) is 40.4. The fourth-order valence-corrected chi connectivity index (χ4v) is 7.39. The third-order valence-corrected chi connectivity index (χ3v) is 9.80. The molecule has 17 heteroatoms. The summed E-state index contributed by atoms with van der Waals surface area (Å²) in [5, 5.41) is 37.9. The summed E-state index contributed by atoms with van der Waals surface area (Å²) in [6.45, 7) is 8.62. The number of esters is 1. The summed E-state index contributed by atoms with van der Waals surface area (Å²) >= 11 is 0. The van der Waals surface area contributed by atoms with Gasteiger partial charge in [-0.1, -0.05) is 12.1 Å². The van der Waals surface area contributed by atoms with E-state index in [1.165, 1.54) is 25.3 Å². The fraction of sp³-hybridized carbons (Fsp3) is 0.553. The van der Waals surface area contributed by atoms with Crippen molar-refractivity contribution in [3.63, 3.8) is 0 Å². The number of Topliss-reactive ketones (excluding diaryl/α,β-unsaturated/α-hetero) is 1. The minimum absolute atomic E-state index is 0.0298. The summed E-state index contributed by atoms with van der Waals surface area (Å²) in [7, 11) is 1.29. The first-order valence-corrected chi connectivity index (χ1v) is 17.7. The number of fused-ring (bicyclic) bond motifs is 4. The van der Waals surface area contributed by atoms with Crippen LogP contribution in [-0.2, 0) is 44.4 Å². The number of benzene rings is 2. The molecular formula is C38H44FNO15. The maximum Gasteiger partial charge on any atom is 0.407 e. The predicted molar refractivity (Wildman–Crippen MR) is 185 cm³/mol. The largest absolute Gasteiger partial charge is 0.507 e. The Morgan fingerprint density at radius 3 is 2.38 bits per heavy atom. The van der Waals surface area contributed by atoms with Crippen molar-refractivity contribution in [1.82, 2.24) is 5.32 Å². The van der Waals surface area contributed by atoms with Crippen molar-refractivity contribution in [3.8, 4) is 17.2 Å². The zero-order valence-corrected chi connectivity index (χ0v) is 31.4. The summed E-state index contributed by atoms with van der Waals surface area (Å²) in [6.07, 6.45) is -10.7. The molecule has 2 aliphatic heterocycles. The average molecular weight is 777 g/mol. The van der Waals surface area contributed by atoms with Crippen LogP contribution in [0.25, 0.3) is 0 Å². The van der Waals surface area contributed by atoms with Gasteiger partial charge in [0.25, 0.3) is 0 Å². The summed E-state index contributed by atoms with van der Waals surface area (Å²) in [4.78, 5) is 65.9. The van der Waals surface area contributed by atoms with E-state index in [4.69, 9.17) is 33.2 Å². The van der Waals surface area contributed by atoms with Crippen molar-refractivity contribution >= 4 is 29.4 Å². The molecule has 1 amide bonds. The van der Waals surface area contributed by atoms with Crippen molar-refractivity contribution < 1.29 is 76.8 Å². The number of aromatic hydroxyl groups is 2. The highest BCUT2D eigenvalue weighted by Crippen LogP contribution is 2.53. The van der Waals surface area contributed by atoms with Gasteiger partial charge in [-0.15, -0.1) is 0 Å². The molecule has 2 aromatic carbocycles. The van der Waals surface area contributed by atoms with Gasteiger partial charge in [-0.3, -0.25) is 19.2 Å². The summed E-state index contributed by atoms with van der Waals surface area (Å²) in [5.41, 5.74) is -5.39. The highest BCUT2D eigenvalue weighted by molar-refractivity contribution is 6.31. The van der Waals surface area contributed by atoms with Gasteiger partial charge in [-0.05, 0) is 47.6 Å². The third kappa shape index (κ3) is 7.50. The molecule has 7 atom stereocenters. The van der Waals surface area contributed by atoms with E-state index in [2.05, 4.69) is 5.32 Å². The zero-order valence-electron chi connectivity index (χ0n) is 31.4. The van der Waals surface area contributed by atoms with Crippen molar-refractivity contribution in [2.24, 2.45) is 0 Å². The van der Waals surface area contributed by atoms with Gasteiger partial charge < -0.3 is 53.8 Å². The number of alkyl carbamates (subject to hydrolysis) is 1. The van der Waals surface area contributed by atoms with E-state index in [1.807, 2.05) is 0 Å². The summed E-state index contributed by atoms with van der Waals surface area (Å²) in [6, 6.07) is 4.24. The number of amides is 1. The third-order valence-electron chi connectivity index (χ3n) is 9.80. The smallest absolute Gasteiger partial charge is 0.407 e. The Morgan fingerprint density at radius 2 is 1.71 bits per heavy atom. The van der Waals surface area contributed by atoms with Crippen LogP contribution in [0.3, 0.4) is 0 Å². The number of phenols is 2. The van der Waals surface area contributed by atoms with E-state index in [-0.39, 0.29) is 41.0 Å².